The Morgan fingerprint density at radius 1 is 0.969 bits per heavy atom. The van der Waals surface area contributed by atoms with Crippen LogP contribution in [0.1, 0.15) is 25.3 Å². The van der Waals surface area contributed by atoms with E-state index in [1.807, 2.05) is 31.2 Å². The minimum Gasteiger partial charge on any atom is -0.466 e. The summed E-state index contributed by atoms with van der Waals surface area (Å²) in [5, 5.41) is 6.79. The van der Waals surface area contributed by atoms with Crippen LogP contribution >= 0.6 is 0 Å². The summed E-state index contributed by atoms with van der Waals surface area (Å²) in [6, 6.07) is 7.51. The first-order valence-corrected chi connectivity index (χ1v) is 9.68. The Labute approximate surface area is 184 Å². The van der Waals surface area contributed by atoms with E-state index in [-0.39, 0.29) is 23.6 Å². The molecule has 168 valence electrons. The van der Waals surface area contributed by atoms with Crippen molar-refractivity contribution < 1.29 is 33.1 Å². The van der Waals surface area contributed by atoms with Crippen molar-refractivity contribution in [3.63, 3.8) is 0 Å². The monoisotopic (exact) mass is 441 g/mol. The van der Waals surface area contributed by atoms with E-state index in [4.69, 9.17) is 18.7 Å². The van der Waals surface area contributed by atoms with Crippen LogP contribution < -0.4 is 5.32 Å². The molecular weight excluding hydrogens is 418 g/mol. The summed E-state index contributed by atoms with van der Waals surface area (Å²) >= 11 is 0. The summed E-state index contributed by atoms with van der Waals surface area (Å²) in [4.78, 5) is 42.0. The Hall–Kier alpha value is -3.95. The lowest BCUT2D eigenvalue weighted by Gasteiger charge is -2.28. The van der Waals surface area contributed by atoms with Gasteiger partial charge >= 0.3 is 17.9 Å². The highest BCUT2D eigenvalue weighted by Gasteiger charge is 2.42. The number of hydrogen-bond donors (Lipinski definition) is 1. The summed E-state index contributed by atoms with van der Waals surface area (Å²) in [6.45, 7) is 4.80. The largest absolute Gasteiger partial charge is 0.466 e. The van der Waals surface area contributed by atoms with Crippen LogP contribution in [-0.4, -0.2) is 42.3 Å². The van der Waals surface area contributed by atoms with E-state index in [1.165, 1.54) is 14.2 Å². The van der Waals surface area contributed by atoms with Gasteiger partial charge in [-0.2, -0.15) is 4.98 Å². The molecule has 0 bridgehead atoms. The van der Waals surface area contributed by atoms with Crippen molar-refractivity contribution in [1.29, 1.82) is 0 Å². The van der Waals surface area contributed by atoms with Gasteiger partial charge in [0, 0.05) is 17.0 Å². The lowest BCUT2D eigenvalue weighted by atomic mass is 9.85. The maximum Gasteiger partial charge on any atom is 0.336 e. The van der Waals surface area contributed by atoms with Gasteiger partial charge in [-0.1, -0.05) is 35.0 Å². The highest BCUT2D eigenvalue weighted by Crippen LogP contribution is 2.32. The molecule has 0 amide bonds. The zero-order valence-electron chi connectivity index (χ0n) is 18.3. The van der Waals surface area contributed by atoms with Crippen molar-refractivity contribution in [2.24, 2.45) is 5.92 Å². The van der Waals surface area contributed by atoms with Crippen molar-refractivity contribution in [2.45, 2.75) is 27.4 Å². The molecule has 0 saturated carbocycles. The Balaban J connectivity index is 1.83. The van der Waals surface area contributed by atoms with E-state index in [0.717, 1.165) is 11.1 Å². The normalized spacial score (nSPS) is 14.2. The van der Waals surface area contributed by atoms with Crippen LogP contribution in [0.5, 0.6) is 0 Å². The van der Waals surface area contributed by atoms with Crippen molar-refractivity contribution in [2.75, 3.05) is 14.2 Å². The fourth-order valence-electron chi connectivity index (χ4n) is 3.34. The van der Waals surface area contributed by atoms with Crippen molar-refractivity contribution in [3.8, 4) is 11.4 Å². The number of ether oxygens (including phenoxy) is 3. The molecule has 0 atom stereocenters. The summed E-state index contributed by atoms with van der Waals surface area (Å²) < 4.78 is 20.1. The number of dihydropyridines is 1. The molecule has 1 aliphatic heterocycles. The van der Waals surface area contributed by atoms with Crippen LogP contribution in [0.4, 0.5) is 0 Å². The number of allylic oxidation sites excluding steroid dienone is 2. The lowest BCUT2D eigenvalue weighted by Crippen LogP contribution is -2.37. The van der Waals surface area contributed by atoms with Crippen LogP contribution in [-0.2, 0) is 35.2 Å². The highest BCUT2D eigenvalue weighted by molar-refractivity contribution is 6.05. The average Bonchev–Trinajstić information content (AvgIpc) is 3.25. The van der Waals surface area contributed by atoms with E-state index < -0.39 is 23.8 Å². The number of hydrogen-bond acceptors (Lipinski definition) is 10. The van der Waals surface area contributed by atoms with Gasteiger partial charge in [-0.15, -0.1) is 0 Å². The van der Waals surface area contributed by atoms with E-state index in [2.05, 4.69) is 15.5 Å². The molecule has 0 saturated heterocycles. The zero-order chi connectivity index (χ0) is 23.4. The standard InChI is InChI=1S/C22H23N3O7/c1-11-6-8-14(9-7-11)19-24-15(32-25-19)10-31-22(28)18-16(20(26)29-4)12(2)23-13(3)17(18)21(27)30-5/h6-9,18,23H,10H2,1-5H3. The molecule has 0 spiro atoms. The third-order valence-electron chi connectivity index (χ3n) is 4.92. The first-order chi connectivity index (χ1) is 15.3. The summed E-state index contributed by atoms with van der Waals surface area (Å²) in [5.74, 6) is -3.34. The number of rotatable bonds is 6. The first kappa shape index (κ1) is 22.7. The third-order valence-corrected chi connectivity index (χ3v) is 4.92. The fourth-order valence-corrected chi connectivity index (χ4v) is 3.34. The van der Waals surface area contributed by atoms with Crippen LogP contribution in [0.25, 0.3) is 11.4 Å². The Morgan fingerprint density at radius 3 is 2.06 bits per heavy atom. The van der Waals surface area contributed by atoms with Gasteiger partial charge in [-0.25, -0.2) is 9.59 Å². The minimum absolute atomic E-state index is 0.0469. The second-order valence-corrected chi connectivity index (χ2v) is 7.10. The van der Waals surface area contributed by atoms with Gasteiger partial charge in [0.05, 0.1) is 25.4 Å². The van der Waals surface area contributed by atoms with Gasteiger partial charge in [0.15, 0.2) is 6.61 Å². The number of nitrogens with zero attached hydrogens (tertiary/aromatic N) is 2. The van der Waals surface area contributed by atoms with Gasteiger partial charge < -0.3 is 24.1 Å². The van der Waals surface area contributed by atoms with Crippen molar-refractivity contribution in [1.82, 2.24) is 15.5 Å². The number of methoxy groups -OCH3 is 2. The second-order valence-electron chi connectivity index (χ2n) is 7.10. The number of carbonyl (C=O) groups is 3. The number of aryl methyl sites for hydroxylation is 1. The van der Waals surface area contributed by atoms with Gasteiger partial charge in [-0.3, -0.25) is 4.79 Å². The molecule has 0 fully saturated rings. The van der Waals surface area contributed by atoms with E-state index in [0.29, 0.717) is 17.2 Å². The molecule has 0 unspecified atom stereocenters. The van der Waals surface area contributed by atoms with Crippen LogP contribution in [0.15, 0.2) is 51.3 Å². The predicted molar refractivity (Wildman–Crippen MR) is 110 cm³/mol. The molecule has 32 heavy (non-hydrogen) atoms. The molecule has 1 N–H and O–H groups in total. The lowest BCUT2D eigenvalue weighted by molar-refractivity contribution is -0.152. The molecule has 1 aliphatic rings. The quantitative estimate of drug-likeness (QED) is 0.526. The van der Waals surface area contributed by atoms with Crippen molar-refractivity contribution >= 4 is 17.9 Å². The molecule has 1 aromatic carbocycles. The minimum atomic E-state index is -1.34. The summed E-state index contributed by atoms with van der Waals surface area (Å²) in [6.07, 6.45) is 0. The molecule has 1 aromatic heterocycles. The molecule has 3 rings (SSSR count). The third kappa shape index (κ3) is 4.53. The molecule has 0 aliphatic carbocycles. The van der Waals surface area contributed by atoms with E-state index >= 15 is 0 Å². The number of aromatic nitrogens is 2. The van der Waals surface area contributed by atoms with Gasteiger partial charge in [0.2, 0.25) is 5.82 Å². The summed E-state index contributed by atoms with van der Waals surface area (Å²) in [7, 11) is 2.36. The maximum atomic E-state index is 13.0. The molecule has 0 radical (unpaired) electrons. The molecular formula is C22H23N3O7. The SMILES string of the molecule is COC(=O)C1=C(C)NC(C)=C(C(=O)OC)C1C(=O)OCc1nc(-c2ccc(C)cc2)no1. The molecule has 2 heterocycles. The summed E-state index contributed by atoms with van der Waals surface area (Å²) in [5.41, 5.74) is 2.46. The number of carbonyl (C=O) groups excluding carboxylic acids is 3. The molecule has 10 heteroatoms. The zero-order valence-corrected chi connectivity index (χ0v) is 18.3. The van der Waals surface area contributed by atoms with Crippen molar-refractivity contribution in [3.05, 3.63) is 58.3 Å². The fraction of sp³-hybridized carbons (Fsp3) is 0.318. The predicted octanol–water partition coefficient (Wildman–Crippen LogP) is 2.20. The number of nitrogens with one attached hydrogen (secondary N) is 1. The highest BCUT2D eigenvalue weighted by atomic mass is 16.6. The van der Waals surface area contributed by atoms with E-state index in [1.54, 1.807) is 13.8 Å². The van der Waals surface area contributed by atoms with Gasteiger partial charge in [0.1, 0.15) is 5.92 Å². The smallest absolute Gasteiger partial charge is 0.336 e. The topological polar surface area (TPSA) is 130 Å². The van der Waals surface area contributed by atoms with Crippen LogP contribution in [0.2, 0.25) is 0 Å². The Bertz CT molecular complexity index is 1070. The Kier molecular flexibility index (Phi) is 6.72. The maximum absolute atomic E-state index is 13.0. The number of benzene rings is 1. The Morgan fingerprint density at radius 2 is 1.53 bits per heavy atom. The van der Waals surface area contributed by atoms with Gasteiger partial charge in [0.25, 0.3) is 5.89 Å². The van der Waals surface area contributed by atoms with Crippen LogP contribution in [0, 0.1) is 12.8 Å². The molecule has 2 aromatic rings. The second kappa shape index (κ2) is 9.46. The first-order valence-electron chi connectivity index (χ1n) is 9.68. The number of esters is 3. The van der Waals surface area contributed by atoms with Crippen LogP contribution in [0.3, 0.4) is 0 Å². The van der Waals surface area contributed by atoms with Gasteiger partial charge in [-0.05, 0) is 20.8 Å². The average molecular weight is 441 g/mol. The molecule has 10 nitrogen and oxygen atoms in total. The van der Waals surface area contributed by atoms with E-state index in [9.17, 15) is 14.4 Å².